The zero-order chi connectivity index (χ0) is 11.4. The molecule has 1 aromatic rings. The fraction of sp³-hybridized carbons (Fsp3) is 0.200. The quantitative estimate of drug-likeness (QED) is 0.634. The van der Waals surface area contributed by atoms with Gasteiger partial charge in [0.1, 0.15) is 0 Å². The molecule has 0 aliphatic carbocycles. The first-order valence-electron chi connectivity index (χ1n) is 4.09. The molecule has 0 aliphatic heterocycles. The Bertz CT molecular complexity index is 404. The van der Waals surface area contributed by atoms with Crippen LogP contribution in [0.1, 0.15) is 5.56 Å². The second-order valence-corrected chi connectivity index (χ2v) is 4.15. The number of ketones is 1. The van der Waals surface area contributed by atoms with Gasteiger partial charge >= 0.3 is 5.97 Å². The normalized spacial score (nSPS) is 9.80. The minimum atomic E-state index is -0.856. The van der Waals surface area contributed by atoms with Gasteiger partial charge < -0.3 is 4.74 Å². The van der Waals surface area contributed by atoms with E-state index >= 15 is 0 Å². The van der Waals surface area contributed by atoms with E-state index < -0.39 is 11.8 Å². The molecule has 0 spiro atoms. The van der Waals surface area contributed by atoms with Gasteiger partial charge in [-0.3, -0.25) is 4.79 Å². The van der Waals surface area contributed by atoms with E-state index in [0.29, 0.717) is 10.6 Å². The lowest BCUT2D eigenvalue weighted by Gasteiger charge is -2.03. The molecule has 0 atom stereocenters. The summed E-state index contributed by atoms with van der Waals surface area (Å²) in [5.41, 5.74) is 0.599. The van der Waals surface area contributed by atoms with E-state index in [0.717, 1.165) is 4.47 Å². The van der Waals surface area contributed by atoms with Crippen molar-refractivity contribution in [2.24, 2.45) is 0 Å². The van der Waals surface area contributed by atoms with Gasteiger partial charge in [0.05, 0.1) is 7.11 Å². The van der Waals surface area contributed by atoms with Crippen molar-refractivity contribution in [1.29, 1.82) is 0 Å². The highest BCUT2D eigenvalue weighted by molar-refractivity contribution is 9.10. The molecule has 3 nitrogen and oxygen atoms in total. The minimum Gasteiger partial charge on any atom is -0.463 e. The molecule has 80 valence electrons. The zero-order valence-corrected chi connectivity index (χ0v) is 10.3. The Morgan fingerprint density at radius 2 is 2.13 bits per heavy atom. The van der Waals surface area contributed by atoms with Crippen LogP contribution in [0.25, 0.3) is 0 Å². The van der Waals surface area contributed by atoms with Gasteiger partial charge in [0.15, 0.2) is 0 Å². The van der Waals surface area contributed by atoms with Gasteiger partial charge in [-0.25, -0.2) is 4.79 Å². The number of carbonyl (C=O) groups excluding carboxylic acids is 2. The van der Waals surface area contributed by atoms with Crippen molar-refractivity contribution >= 4 is 39.3 Å². The van der Waals surface area contributed by atoms with Crippen molar-refractivity contribution in [2.75, 3.05) is 7.11 Å². The zero-order valence-electron chi connectivity index (χ0n) is 7.92. The number of hydrogen-bond donors (Lipinski definition) is 0. The smallest absolute Gasteiger partial charge is 0.374 e. The second kappa shape index (κ2) is 5.28. The van der Waals surface area contributed by atoms with Crippen molar-refractivity contribution in [1.82, 2.24) is 0 Å². The predicted molar refractivity (Wildman–Crippen MR) is 59.9 cm³/mol. The number of halogens is 2. The van der Waals surface area contributed by atoms with Crippen LogP contribution in [0.5, 0.6) is 0 Å². The van der Waals surface area contributed by atoms with Gasteiger partial charge in [-0.05, 0) is 23.8 Å². The van der Waals surface area contributed by atoms with Crippen LogP contribution in [0.4, 0.5) is 0 Å². The van der Waals surface area contributed by atoms with E-state index in [4.69, 9.17) is 11.6 Å². The maximum atomic E-state index is 11.3. The molecule has 0 heterocycles. The number of benzene rings is 1. The highest BCUT2D eigenvalue weighted by Gasteiger charge is 2.16. The van der Waals surface area contributed by atoms with Crippen LogP contribution in [0.2, 0.25) is 5.02 Å². The number of hydrogen-bond acceptors (Lipinski definition) is 3. The van der Waals surface area contributed by atoms with Crippen molar-refractivity contribution in [3.05, 3.63) is 33.3 Å². The third-order valence-electron chi connectivity index (χ3n) is 1.77. The summed E-state index contributed by atoms with van der Waals surface area (Å²) in [6.45, 7) is 0. The van der Waals surface area contributed by atoms with Crippen LogP contribution in [0, 0.1) is 0 Å². The van der Waals surface area contributed by atoms with Crippen molar-refractivity contribution < 1.29 is 14.3 Å². The largest absolute Gasteiger partial charge is 0.463 e. The summed E-state index contributed by atoms with van der Waals surface area (Å²) in [7, 11) is 1.17. The van der Waals surface area contributed by atoms with Gasteiger partial charge in [0, 0.05) is 15.9 Å². The summed E-state index contributed by atoms with van der Waals surface area (Å²) >= 11 is 9.12. The van der Waals surface area contributed by atoms with E-state index in [9.17, 15) is 9.59 Å². The molecular weight excluding hydrogens is 283 g/mol. The van der Waals surface area contributed by atoms with Gasteiger partial charge in [-0.15, -0.1) is 0 Å². The Morgan fingerprint density at radius 3 is 2.73 bits per heavy atom. The van der Waals surface area contributed by atoms with E-state index in [1.54, 1.807) is 18.2 Å². The van der Waals surface area contributed by atoms with Crippen molar-refractivity contribution in [2.45, 2.75) is 6.42 Å². The van der Waals surface area contributed by atoms with Gasteiger partial charge in [-0.1, -0.05) is 27.5 Å². The SMILES string of the molecule is COC(=O)C(=O)Cc1cc(Br)ccc1Cl. The molecule has 0 amide bonds. The molecule has 5 heteroatoms. The number of rotatable bonds is 3. The number of ether oxygens (including phenoxy) is 1. The van der Waals surface area contributed by atoms with Gasteiger partial charge in [-0.2, -0.15) is 0 Å². The average molecular weight is 292 g/mol. The lowest BCUT2D eigenvalue weighted by molar-refractivity contribution is -0.151. The minimum absolute atomic E-state index is 0.0506. The Morgan fingerprint density at radius 1 is 1.47 bits per heavy atom. The van der Waals surface area contributed by atoms with Crippen molar-refractivity contribution in [3.63, 3.8) is 0 Å². The summed E-state index contributed by atoms with van der Waals surface area (Å²) in [4.78, 5) is 22.1. The first kappa shape index (κ1) is 12.2. The Balaban J connectivity index is 2.85. The molecule has 0 aromatic heterocycles. The number of Topliss-reactive ketones (excluding diaryl/α,β-unsaturated/α-hetero) is 1. The van der Waals surface area contributed by atoms with Crippen LogP contribution in [0.3, 0.4) is 0 Å². The molecule has 0 bridgehead atoms. The summed E-state index contributed by atoms with van der Waals surface area (Å²) in [6, 6.07) is 5.11. The Labute approximate surface area is 100 Å². The molecule has 1 aromatic carbocycles. The third-order valence-corrected chi connectivity index (χ3v) is 2.63. The summed E-state index contributed by atoms with van der Waals surface area (Å²) in [5.74, 6) is -1.47. The maximum Gasteiger partial charge on any atom is 0.374 e. The third kappa shape index (κ3) is 3.32. The molecule has 0 radical (unpaired) electrons. The molecule has 0 N–H and O–H groups in total. The standard InChI is InChI=1S/C10H8BrClO3/c1-15-10(14)9(13)5-6-4-7(11)2-3-8(6)12/h2-4H,5H2,1H3. The fourth-order valence-corrected chi connectivity index (χ4v) is 1.63. The number of carbonyl (C=O) groups is 2. The predicted octanol–water partition coefficient (Wildman–Crippen LogP) is 2.39. The molecule has 0 unspecified atom stereocenters. The lowest BCUT2D eigenvalue weighted by Crippen LogP contribution is -2.17. The molecule has 0 saturated heterocycles. The van der Waals surface area contributed by atoms with Crippen LogP contribution in [0.15, 0.2) is 22.7 Å². The summed E-state index contributed by atoms with van der Waals surface area (Å²) < 4.78 is 5.12. The Hall–Kier alpha value is -0.870. The first-order valence-corrected chi connectivity index (χ1v) is 5.26. The molecule has 15 heavy (non-hydrogen) atoms. The van der Waals surface area contributed by atoms with Crippen molar-refractivity contribution in [3.8, 4) is 0 Å². The van der Waals surface area contributed by atoms with Crippen LogP contribution >= 0.6 is 27.5 Å². The summed E-state index contributed by atoms with van der Waals surface area (Å²) in [6.07, 6.45) is -0.0506. The maximum absolute atomic E-state index is 11.3. The Kier molecular flexibility index (Phi) is 4.29. The highest BCUT2D eigenvalue weighted by atomic mass is 79.9. The second-order valence-electron chi connectivity index (χ2n) is 2.83. The monoisotopic (exact) mass is 290 g/mol. The van der Waals surface area contributed by atoms with Crippen LogP contribution in [-0.2, 0) is 20.7 Å². The van der Waals surface area contributed by atoms with Gasteiger partial charge in [0.25, 0.3) is 0 Å². The van der Waals surface area contributed by atoms with E-state index in [1.807, 2.05) is 0 Å². The average Bonchev–Trinajstić information content (AvgIpc) is 2.22. The molecule has 1 rings (SSSR count). The van der Waals surface area contributed by atoms with Crippen LogP contribution < -0.4 is 0 Å². The number of methoxy groups -OCH3 is 1. The highest BCUT2D eigenvalue weighted by Crippen LogP contribution is 2.21. The van der Waals surface area contributed by atoms with Gasteiger partial charge in [0.2, 0.25) is 5.78 Å². The summed E-state index contributed by atoms with van der Waals surface area (Å²) in [5, 5.41) is 0.454. The first-order chi connectivity index (χ1) is 7.04. The topological polar surface area (TPSA) is 43.4 Å². The van der Waals surface area contributed by atoms with E-state index in [1.165, 1.54) is 7.11 Å². The van der Waals surface area contributed by atoms with Crippen LogP contribution in [-0.4, -0.2) is 18.9 Å². The molecule has 0 fully saturated rings. The van der Waals surface area contributed by atoms with E-state index in [2.05, 4.69) is 20.7 Å². The van der Waals surface area contributed by atoms with E-state index in [-0.39, 0.29) is 6.42 Å². The number of esters is 1. The molecule has 0 aliphatic rings. The molecule has 0 saturated carbocycles. The molecular formula is C10H8BrClO3. The fourth-order valence-electron chi connectivity index (χ4n) is 1.04. The lowest BCUT2D eigenvalue weighted by atomic mass is 10.1.